The van der Waals surface area contributed by atoms with Gasteiger partial charge in [0, 0.05) is 18.7 Å². The Kier molecular flexibility index (Phi) is 5.36. The molecule has 1 saturated heterocycles. The minimum absolute atomic E-state index is 0.202. The van der Waals surface area contributed by atoms with Gasteiger partial charge in [0.05, 0.1) is 7.11 Å². The van der Waals surface area contributed by atoms with E-state index < -0.39 is 0 Å². The summed E-state index contributed by atoms with van der Waals surface area (Å²) in [4.78, 5) is 13.9. The van der Waals surface area contributed by atoms with Crippen molar-refractivity contribution in [2.45, 2.75) is 25.7 Å². The number of methoxy groups -OCH3 is 1. The maximum Gasteiger partial charge on any atom is 0.333 e. The zero-order valence-corrected chi connectivity index (χ0v) is 12.3. The first-order chi connectivity index (χ1) is 9.74. The molecule has 3 nitrogen and oxygen atoms in total. The van der Waals surface area contributed by atoms with Gasteiger partial charge in [-0.15, -0.1) is 0 Å². The predicted molar refractivity (Wildman–Crippen MR) is 80.6 cm³/mol. The van der Waals surface area contributed by atoms with Crippen molar-refractivity contribution in [1.29, 1.82) is 0 Å². The van der Waals surface area contributed by atoms with E-state index in [-0.39, 0.29) is 5.97 Å². The average Bonchev–Trinajstić information content (AvgIpc) is 2.97. The van der Waals surface area contributed by atoms with Crippen molar-refractivity contribution in [3.05, 3.63) is 47.5 Å². The summed E-state index contributed by atoms with van der Waals surface area (Å²) in [7, 11) is 1.44. The molecule has 1 heterocycles. The minimum Gasteiger partial charge on any atom is -0.466 e. The first-order valence-electron chi connectivity index (χ1n) is 7.29. The third-order valence-electron chi connectivity index (χ3n) is 3.97. The molecule has 1 aliphatic heterocycles. The van der Waals surface area contributed by atoms with Gasteiger partial charge in [-0.05, 0) is 30.9 Å². The molecular weight excluding hydrogens is 250 g/mol. The van der Waals surface area contributed by atoms with Gasteiger partial charge in [0.2, 0.25) is 0 Å². The van der Waals surface area contributed by atoms with Crippen molar-refractivity contribution in [2.75, 3.05) is 26.7 Å². The summed E-state index contributed by atoms with van der Waals surface area (Å²) in [6.07, 6.45) is 3.93. The topological polar surface area (TPSA) is 29.5 Å². The summed E-state index contributed by atoms with van der Waals surface area (Å²) in [5, 5.41) is 0. The van der Waals surface area contributed by atoms with E-state index in [9.17, 15) is 4.79 Å². The van der Waals surface area contributed by atoms with Crippen LogP contribution < -0.4 is 0 Å². The van der Waals surface area contributed by atoms with Gasteiger partial charge in [0.1, 0.15) is 0 Å². The number of hydrogen-bond donors (Lipinski definition) is 0. The van der Waals surface area contributed by atoms with E-state index in [2.05, 4.69) is 35.2 Å². The first kappa shape index (κ1) is 14.8. The molecule has 20 heavy (non-hydrogen) atoms. The highest BCUT2D eigenvalue weighted by Gasteiger charge is 2.23. The molecule has 0 N–H and O–H groups in total. The van der Waals surface area contributed by atoms with Crippen LogP contribution in [0.15, 0.2) is 42.0 Å². The smallest absolute Gasteiger partial charge is 0.333 e. The molecule has 1 aromatic carbocycles. The fraction of sp³-hybridized carbons (Fsp3) is 0.471. The van der Waals surface area contributed by atoms with Crippen LogP contribution in [0.2, 0.25) is 0 Å². The van der Waals surface area contributed by atoms with Gasteiger partial charge >= 0.3 is 5.97 Å². The van der Waals surface area contributed by atoms with Gasteiger partial charge in [-0.25, -0.2) is 4.79 Å². The number of ether oxygens (including phenoxy) is 1. The normalized spacial score (nSPS) is 20.1. The highest BCUT2D eigenvalue weighted by Crippen LogP contribution is 2.26. The molecule has 0 aliphatic carbocycles. The molecule has 1 fully saturated rings. The maximum atomic E-state index is 11.5. The number of nitrogens with zero attached hydrogens (tertiary/aromatic N) is 1. The summed E-state index contributed by atoms with van der Waals surface area (Å²) in [6.45, 7) is 4.98. The largest absolute Gasteiger partial charge is 0.466 e. The van der Waals surface area contributed by atoms with Gasteiger partial charge in [-0.1, -0.05) is 43.3 Å². The summed E-state index contributed by atoms with van der Waals surface area (Å²) in [5.74, 6) is 0.416. The fourth-order valence-electron chi connectivity index (χ4n) is 2.74. The number of esters is 1. The lowest BCUT2D eigenvalue weighted by Gasteiger charge is -2.14. The van der Waals surface area contributed by atoms with Crippen LogP contribution in [-0.2, 0) is 9.53 Å². The number of likely N-dealkylation sites (tertiary alicyclic amines) is 1. The Hall–Kier alpha value is -1.61. The van der Waals surface area contributed by atoms with E-state index in [0.29, 0.717) is 5.92 Å². The number of rotatable bonds is 5. The molecule has 108 valence electrons. The monoisotopic (exact) mass is 273 g/mol. The van der Waals surface area contributed by atoms with Crippen LogP contribution in [0.3, 0.4) is 0 Å². The molecular formula is C17H23NO2. The number of benzene rings is 1. The molecule has 0 saturated carbocycles. The minimum atomic E-state index is -0.202. The Balaban J connectivity index is 1.90. The summed E-state index contributed by atoms with van der Waals surface area (Å²) >= 11 is 0. The molecule has 0 spiro atoms. The third kappa shape index (κ3) is 3.70. The van der Waals surface area contributed by atoms with Gasteiger partial charge in [-0.3, -0.25) is 4.90 Å². The Bertz CT molecular complexity index is 467. The second-order valence-electron chi connectivity index (χ2n) is 5.23. The van der Waals surface area contributed by atoms with Crippen molar-refractivity contribution < 1.29 is 9.53 Å². The zero-order chi connectivity index (χ0) is 14.4. The Labute approximate surface area is 121 Å². The molecule has 0 aromatic heterocycles. The van der Waals surface area contributed by atoms with Crippen molar-refractivity contribution in [3.8, 4) is 0 Å². The number of carbonyl (C=O) groups excluding carboxylic acids is 1. The van der Waals surface area contributed by atoms with E-state index >= 15 is 0 Å². The van der Waals surface area contributed by atoms with Crippen LogP contribution in [0.5, 0.6) is 0 Å². The molecule has 1 aromatic rings. The second kappa shape index (κ2) is 7.25. The molecule has 1 atom stereocenters. The summed E-state index contributed by atoms with van der Waals surface area (Å²) in [5.41, 5.74) is 2.19. The van der Waals surface area contributed by atoms with Crippen LogP contribution in [0.1, 0.15) is 31.2 Å². The van der Waals surface area contributed by atoms with Crippen LogP contribution in [0.25, 0.3) is 0 Å². The van der Waals surface area contributed by atoms with Crippen LogP contribution >= 0.6 is 0 Å². The lowest BCUT2D eigenvalue weighted by Crippen LogP contribution is -2.21. The lowest BCUT2D eigenvalue weighted by molar-refractivity contribution is -0.136. The van der Waals surface area contributed by atoms with Crippen LogP contribution in [0.4, 0.5) is 0 Å². The Morgan fingerprint density at radius 3 is 2.80 bits per heavy atom. The van der Waals surface area contributed by atoms with Gasteiger partial charge < -0.3 is 4.74 Å². The number of hydrogen-bond acceptors (Lipinski definition) is 3. The first-order valence-corrected chi connectivity index (χ1v) is 7.29. The maximum absolute atomic E-state index is 11.5. The average molecular weight is 273 g/mol. The SMILES string of the molecule is CCC(=CCN1CCC(c2ccccc2)C1)C(=O)OC. The van der Waals surface area contributed by atoms with Gasteiger partial charge in [0.15, 0.2) is 0 Å². The summed E-state index contributed by atoms with van der Waals surface area (Å²) in [6, 6.07) is 10.7. The van der Waals surface area contributed by atoms with Crippen molar-refractivity contribution in [1.82, 2.24) is 4.90 Å². The van der Waals surface area contributed by atoms with E-state index in [1.807, 2.05) is 13.0 Å². The highest BCUT2D eigenvalue weighted by molar-refractivity contribution is 5.88. The van der Waals surface area contributed by atoms with Crippen molar-refractivity contribution >= 4 is 5.97 Å². The molecule has 0 amide bonds. The van der Waals surface area contributed by atoms with Crippen LogP contribution in [-0.4, -0.2) is 37.6 Å². The van der Waals surface area contributed by atoms with Gasteiger partial charge in [-0.2, -0.15) is 0 Å². The van der Waals surface area contributed by atoms with Crippen LogP contribution in [0, 0.1) is 0 Å². The molecule has 0 radical (unpaired) electrons. The standard InChI is InChI=1S/C17H23NO2/c1-3-14(17(19)20-2)9-11-18-12-10-16(13-18)15-7-5-4-6-8-15/h4-9,16H,3,10-13H2,1-2H3. The molecule has 0 bridgehead atoms. The quantitative estimate of drug-likeness (QED) is 0.610. The predicted octanol–water partition coefficient (Wildman–Crippen LogP) is 2.99. The Morgan fingerprint density at radius 2 is 2.15 bits per heavy atom. The van der Waals surface area contributed by atoms with E-state index in [4.69, 9.17) is 4.74 Å². The van der Waals surface area contributed by atoms with E-state index in [1.165, 1.54) is 19.1 Å². The van der Waals surface area contributed by atoms with E-state index in [1.54, 1.807) is 0 Å². The zero-order valence-electron chi connectivity index (χ0n) is 12.3. The van der Waals surface area contributed by atoms with Crippen molar-refractivity contribution in [2.24, 2.45) is 0 Å². The fourth-order valence-corrected chi connectivity index (χ4v) is 2.74. The Morgan fingerprint density at radius 1 is 1.40 bits per heavy atom. The second-order valence-corrected chi connectivity index (χ2v) is 5.23. The lowest BCUT2D eigenvalue weighted by atomic mass is 9.99. The van der Waals surface area contributed by atoms with Gasteiger partial charge in [0.25, 0.3) is 0 Å². The number of carbonyl (C=O) groups is 1. The molecule has 2 rings (SSSR count). The molecule has 3 heteroatoms. The third-order valence-corrected chi connectivity index (χ3v) is 3.97. The van der Waals surface area contributed by atoms with E-state index in [0.717, 1.165) is 31.6 Å². The molecule has 1 aliphatic rings. The highest BCUT2D eigenvalue weighted by atomic mass is 16.5. The molecule has 1 unspecified atom stereocenters. The van der Waals surface area contributed by atoms with Crippen molar-refractivity contribution in [3.63, 3.8) is 0 Å². The summed E-state index contributed by atoms with van der Waals surface area (Å²) < 4.78 is 4.78.